The highest BCUT2D eigenvalue weighted by Crippen LogP contribution is 2.50. The quantitative estimate of drug-likeness (QED) is 0.584. The summed E-state index contributed by atoms with van der Waals surface area (Å²) in [5.74, 6) is 0. The topological polar surface area (TPSA) is 0 Å². The van der Waals surface area contributed by atoms with E-state index in [2.05, 4.69) is 63.2 Å². The summed E-state index contributed by atoms with van der Waals surface area (Å²) in [6.07, 6.45) is 4.72. The van der Waals surface area contributed by atoms with Crippen molar-refractivity contribution < 1.29 is 0 Å². The van der Waals surface area contributed by atoms with Crippen LogP contribution in [0.2, 0.25) is 0 Å². The van der Waals surface area contributed by atoms with Crippen LogP contribution in [-0.4, -0.2) is 0 Å². The molecule has 0 radical (unpaired) electrons. The number of fused-ring (bicyclic) bond motifs is 3. The first-order chi connectivity index (χ1) is 9.56. The van der Waals surface area contributed by atoms with E-state index in [0.29, 0.717) is 5.41 Å². The molecule has 2 aromatic rings. The third-order valence-corrected chi connectivity index (χ3v) is 5.04. The summed E-state index contributed by atoms with van der Waals surface area (Å²) in [5.41, 5.74) is 7.93. The van der Waals surface area contributed by atoms with E-state index in [1.54, 1.807) is 5.57 Å². The monoisotopic (exact) mass is 260 g/mol. The van der Waals surface area contributed by atoms with Crippen molar-refractivity contribution in [3.05, 3.63) is 64.7 Å². The van der Waals surface area contributed by atoms with E-state index in [-0.39, 0.29) is 0 Å². The minimum Gasteiger partial charge on any atom is -0.0801 e. The molecule has 0 aliphatic heterocycles. The Morgan fingerprint density at radius 1 is 1.00 bits per heavy atom. The van der Waals surface area contributed by atoms with Gasteiger partial charge in [-0.15, -0.1) is 0 Å². The van der Waals surface area contributed by atoms with Gasteiger partial charge in [0, 0.05) is 0 Å². The van der Waals surface area contributed by atoms with Crippen LogP contribution in [-0.2, 0) is 6.42 Å². The van der Waals surface area contributed by atoms with Crippen molar-refractivity contribution in [1.82, 2.24) is 0 Å². The predicted molar refractivity (Wildman–Crippen MR) is 86.7 cm³/mol. The van der Waals surface area contributed by atoms with Crippen molar-refractivity contribution in [2.75, 3.05) is 0 Å². The maximum Gasteiger partial charge on any atom is -0.00459 e. The van der Waals surface area contributed by atoms with Gasteiger partial charge in [0.15, 0.2) is 0 Å². The first-order valence-electron chi connectivity index (χ1n) is 7.49. The lowest BCUT2D eigenvalue weighted by Gasteiger charge is -2.31. The molecular weight excluding hydrogens is 240 g/mol. The Labute approximate surface area is 120 Å². The SMILES string of the molecule is CC1=CCC(C)(C)C2=C1c1cc3ccccc3cc1C2. The molecule has 2 aliphatic rings. The minimum absolute atomic E-state index is 0.306. The van der Waals surface area contributed by atoms with Crippen LogP contribution in [0.1, 0.15) is 38.3 Å². The molecule has 0 heterocycles. The lowest BCUT2D eigenvalue weighted by atomic mass is 9.73. The number of rotatable bonds is 0. The molecule has 0 aromatic heterocycles. The van der Waals surface area contributed by atoms with Crippen molar-refractivity contribution >= 4 is 16.3 Å². The lowest BCUT2D eigenvalue weighted by Crippen LogP contribution is -2.18. The second-order valence-electron chi connectivity index (χ2n) is 6.86. The van der Waals surface area contributed by atoms with Crippen molar-refractivity contribution in [1.29, 1.82) is 0 Å². The number of hydrogen-bond acceptors (Lipinski definition) is 0. The van der Waals surface area contributed by atoms with Gasteiger partial charge in [-0.25, -0.2) is 0 Å². The van der Waals surface area contributed by atoms with Gasteiger partial charge in [0.1, 0.15) is 0 Å². The first kappa shape index (κ1) is 12.0. The molecule has 0 nitrogen and oxygen atoms in total. The van der Waals surface area contributed by atoms with E-state index in [4.69, 9.17) is 0 Å². The highest BCUT2D eigenvalue weighted by molar-refractivity contribution is 5.95. The van der Waals surface area contributed by atoms with Crippen LogP contribution in [0.5, 0.6) is 0 Å². The fourth-order valence-electron chi connectivity index (χ4n) is 3.77. The van der Waals surface area contributed by atoms with Crippen LogP contribution in [0.4, 0.5) is 0 Å². The summed E-state index contributed by atoms with van der Waals surface area (Å²) in [6.45, 7) is 7.04. The van der Waals surface area contributed by atoms with Crippen LogP contribution in [0.15, 0.2) is 53.6 Å². The Morgan fingerprint density at radius 3 is 2.45 bits per heavy atom. The van der Waals surface area contributed by atoms with Crippen LogP contribution in [0.3, 0.4) is 0 Å². The lowest BCUT2D eigenvalue weighted by molar-refractivity contribution is 0.442. The van der Waals surface area contributed by atoms with E-state index in [1.807, 2.05) is 0 Å². The molecule has 0 atom stereocenters. The zero-order chi connectivity index (χ0) is 13.9. The van der Waals surface area contributed by atoms with Crippen molar-refractivity contribution in [2.45, 2.75) is 33.6 Å². The molecule has 0 unspecified atom stereocenters. The molecule has 0 spiro atoms. The van der Waals surface area contributed by atoms with Crippen molar-refractivity contribution in [3.63, 3.8) is 0 Å². The highest BCUT2D eigenvalue weighted by atomic mass is 14.4. The molecular formula is C20H20. The van der Waals surface area contributed by atoms with E-state index >= 15 is 0 Å². The van der Waals surface area contributed by atoms with E-state index in [0.717, 1.165) is 6.42 Å². The Hall–Kier alpha value is -1.82. The van der Waals surface area contributed by atoms with Gasteiger partial charge in [-0.1, -0.05) is 55.8 Å². The molecule has 0 fully saturated rings. The number of benzene rings is 2. The summed E-state index contributed by atoms with van der Waals surface area (Å²) in [4.78, 5) is 0. The van der Waals surface area contributed by atoms with Crippen LogP contribution < -0.4 is 0 Å². The van der Waals surface area contributed by atoms with Crippen LogP contribution in [0.25, 0.3) is 16.3 Å². The molecule has 0 amide bonds. The van der Waals surface area contributed by atoms with E-state index < -0.39 is 0 Å². The minimum atomic E-state index is 0.306. The van der Waals surface area contributed by atoms with Gasteiger partial charge >= 0.3 is 0 Å². The normalized spacial score (nSPS) is 19.9. The third kappa shape index (κ3) is 1.54. The smallest absolute Gasteiger partial charge is 0.00459 e. The molecule has 2 aromatic carbocycles. The summed E-state index contributed by atoms with van der Waals surface area (Å²) in [7, 11) is 0. The molecule has 100 valence electrons. The molecule has 20 heavy (non-hydrogen) atoms. The average molecular weight is 260 g/mol. The van der Waals surface area contributed by atoms with Crippen LogP contribution in [0, 0.1) is 5.41 Å². The van der Waals surface area contributed by atoms with Crippen LogP contribution >= 0.6 is 0 Å². The Morgan fingerprint density at radius 2 is 1.70 bits per heavy atom. The summed E-state index contributed by atoms with van der Waals surface area (Å²) >= 11 is 0. The molecule has 0 saturated carbocycles. The Balaban J connectivity index is 1.99. The van der Waals surface area contributed by atoms with Crippen molar-refractivity contribution in [2.24, 2.45) is 5.41 Å². The molecule has 0 heteroatoms. The molecule has 0 saturated heterocycles. The maximum atomic E-state index is 2.42. The zero-order valence-corrected chi connectivity index (χ0v) is 12.5. The maximum absolute atomic E-state index is 2.42. The summed E-state index contributed by atoms with van der Waals surface area (Å²) < 4.78 is 0. The van der Waals surface area contributed by atoms with E-state index in [1.165, 1.54) is 39.5 Å². The molecule has 0 N–H and O–H groups in total. The first-order valence-corrected chi connectivity index (χ1v) is 7.49. The van der Waals surface area contributed by atoms with Gasteiger partial charge in [0.2, 0.25) is 0 Å². The van der Waals surface area contributed by atoms with Gasteiger partial charge in [0.25, 0.3) is 0 Å². The number of hydrogen-bond donors (Lipinski definition) is 0. The predicted octanol–water partition coefficient (Wildman–Crippen LogP) is 5.53. The summed E-state index contributed by atoms with van der Waals surface area (Å²) in [6, 6.07) is 13.5. The van der Waals surface area contributed by atoms with Gasteiger partial charge in [-0.2, -0.15) is 0 Å². The number of allylic oxidation sites excluding steroid dienone is 4. The fraction of sp³-hybridized carbons (Fsp3) is 0.300. The van der Waals surface area contributed by atoms with Gasteiger partial charge in [-0.3, -0.25) is 0 Å². The third-order valence-electron chi connectivity index (χ3n) is 5.04. The van der Waals surface area contributed by atoms with Gasteiger partial charge in [-0.05, 0) is 64.3 Å². The second-order valence-corrected chi connectivity index (χ2v) is 6.86. The molecule has 0 bridgehead atoms. The largest absolute Gasteiger partial charge is 0.0801 e. The Bertz CT molecular complexity index is 785. The summed E-state index contributed by atoms with van der Waals surface area (Å²) in [5, 5.41) is 2.72. The molecule has 2 aliphatic carbocycles. The van der Waals surface area contributed by atoms with E-state index in [9.17, 15) is 0 Å². The standard InChI is InChI=1S/C20H20/c1-13-8-9-20(2,3)18-12-16-10-14-6-4-5-7-15(14)11-17(16)19(13)18/h4-8,10-11H,9,12H2,1-3H3. The highest BCUT2D eigenvalue weighted by Gasteiger charge is 2.34. The Kier molecular flexibility index (Phi) is 2.30. The van der Waals surface area contributed by atoms with Gasteiger partial charge in [0.05, 0.1) is 0 Å². The zero-order valence-electron chi connectivity index (χ0n) is 12.5. The fourth-order valence-corrected chi connectivity index (χ4v) is 3.77. The van der Waals surface area contributed by atoms with Gasteiger partial charge < -0.3 is 0 Å². The molecule has 4 rings (SSSR count). The second kappa shape index (κ2) is 3.85. The average Bonchev–Trinajstić information content (AvgIpc) is 2.81. The van der Waals surface area contributed by atoms with Crippen molar-refractivity contribution in [3.8, 4) is 0 Å².